The van der Waals surface area contributed by atoms with Gasteiger partial charge in [0, 0.05) is 0 Å². The van der Waals surface area contributed by atoms with Crippen LogP contribution in [0, 0.1) is 0 Å². The molecule has 0 aromatic heterocycles. The molecule has 3 heteroatoms. The number of rotatable bonds is 2. The Labute approximate surface area is 50.0 Å². The molecule has 0 bridgehead atoms. The molecule has 6 heavy (non-hydrogen) atoms. The van der Waals surface area contributed by atoms with Crippen molar-refractivity contribution in [3.05, 3.63) is 0 Å². The molecule has 0 heterocycles. The molecule has 0 aliphatic heterocycles. The van der Waals surface area contributed by atoms with E-state index in [1.54, 1.807) is 0 Å². The summed E-state index contributed by atoms with van der Waals surface area (Å²) in [6, 6.07) is 0. The molecule has 0 amide bonds. The van der Waals surface area contributed by atoms with Crippen LogP contribution in [0.2, 0.25) is 0 Å². The molecular weight excluding hydrogens is 187 g/mol. The summed E-state index contributed by atoms with van der Waals surface area (Å²) in [7, 11) is 1.52. The number of ether oxygens (including phenoxy) is 1. The Kier molecular flexibility index (Phi) is 3.87. The monoisotopic (exact) mass is 194 g/mol. The Morgan fingerprint density at radius 2 is 2.50 bits per heavy atom. The van der Waals surface area contributed by atoms with Gasteiger partial charge in [0.15, 0.2) is 0 Å². The zero-order chi connectivity index (χ0) is 4.99. The van der Waals surface area contributed by atoms with Crippen molar-refractivity contribution in [2.24, 2.45) is 0 Å². The summed E-state index contributed by atoms with van der Waals surface area (Å²) in [5.41, 5.74) is 0. The maximum atomic E-state index is 9.98. The van der Waals surface area contributed by atoms with Gasteiger partial charge in [0.2, 0.25) is 0 Å². The van der Waals surface area contributed by atoms with Crippen molar-refractivity contribution in [3.63, 3.8) is 0 Å². The van der Waals surface area contributed by atoms with Gasteiger partial charge in [-0.05, 0) is 0 Å². The van der Waals surface area contributed by atoms with Crippen LogP contribution in [-0.4, -0.2) is 40.0 Å². The first-order chi connectivity index (χ1) is 2.77. The van der Waals surface area contributed by atoms with Crippen LogP contribution in [0.15, 0.2) is 0 Å². The van der Waals surface area contributed by atoms with Crippen molar-refractivity contribution in [3.8, 4) is 0 Å². The molecule has 0 aliphatic rings. The molecule has 2 radical (unpaired) electrons. The Morgan fingerprint density at radius 1 is 2.00 bits per heavy atom. The molecule has 0 unspecified atom stereocenters. The summed E-state index contributed by atoms with van der Waals surface area (Å²) < 4.78 is 4.68. The first kappa shape index (κ1) is 6.43. The van der Waals surface area contributed by atoms with Crippen molar-refractivity contribution in [1.29, 1.82) is 0 Å². The van der Waals surface area contributed by atoms with E-state index in [4.69, 9.17) is 0 Å². The zero-order valence-electron chi connectivity index (χ0n) is 3.60. The molecule has 2 nitrogen and oxygen atoms in total. The number of hydrogen-bond donors (Lipinski definition) is 0. The fourth-order valence-corrected chi connectivity index (χ4v) is 0.618. The molecule has 0 N–H and O–H groups in total. The van der Waals surface area contributed by atoms with E-state index in [0.29, 0.717) is 29.1 Å². The van der Waals surface area contributed by atoms with Gasteiger partial charge < -0.3 is 0 Å². The van der Waals surface area contributed by atoms with E-state index in [-0.39, 0.29) is 3.80 Å². The van der Waals surface area contributed by atoms with Gasteiger partial charge in [0.25, 0.3) is 0 Å². The molecule has 0 aliphatic carbocycles. The minimum atomic E-state index is 0.197. The van der Waals surface area contributed by atoms with Gasteiger partial charge >= 0.3 is 49.6 Å². The summed E-state index contributed by atoms with van der Waals surface area (Å²) in [5.74, 6) is 0. The number of methoxy groups -OCH3 is 1. The number of carbonyl (C=O) groups is 1. The molecule has 0 aromatic carbocycles. The first-order valence-electron chi connectivity index (χ1n) is 1.54. The van der Waals surface area contributed by atoms with E-state index in [1.807, 2.05) is 0 Å². The van der Waals surface area contributed by atoms with Crippen LogP contribution in [0.25, 0.3) is 0 Å². The maximum absolute atomic E-state index is 9.98. The van der Waals surface area contributed by atoms with Gasteiger partial charge in [-0.15, -0.1) is 0 Å². The molecule has 0 atom stereocenters. The quantitative estimate of drug-likeness (QED) is 0.529. The predicted molar refractivity (Wildman–Crippen MR) is 24.0 cm³/mol. The molecule has 0 aromatic rings. The second-order valence-corrected chi connectivity index (χ2v) is 2.74. The fraction of sp³-hybridized carbons (Fsp3) is 0.667. The summed E-state index contributed by atoms with van der Waals surface area (Å²) in [6.45, 7) is 0.294. The first-order valence-corrected chi connectivity index (χ1v) is 3.19. The van der Waals surface area contributed by atoms with Crippen LogP contribution in [-0.2, 0) is 9.53 Å². The van der Waals surface area contributed by atoms with E-state index in [9.17, 15) is 4.79 Å². The molecule has 0 saturated heterocycles. The average Bonchev–Trinajstić information content (AvgIpc) is 1.35. The Balaban J connectivity index is 2.83. The third-order valence-electron chi connectivity index (χ3n) is 0.287. The third-order valence-corrected chi connectivity index (χ3v) is 0.762. The Hall–Kier alpha value is 0.429. The Morgan fingerprint density at radius 3 is 2.50 bits per heavy atom. The van der Waals surface area contributed by atoms with Gasteiger partial charge in [-0.25, -0.2) is 0 Å². The number of carbonyl (C=O) groups excluding carboxylic acids is 1. The van der Waals surface area contributed by atoms with Crippen molar-refractivity contribution in [1.82, 2.24) is 0 Å². The van der Waals surface area contributed by atoms with Crippen molar-refractivity contribution >= 4 is 26.3 Å². The van der Waals surface area contributed by atoms with E-state index < -0.39 is 0 Å². The van der Waals surface area contributed by atoms with Crippen LogP contribution in [0.3, 0.4) is 0 Å². The van der Waals surface area contributed by atoms with Gasteiger partial charge in [-0.2, -0.15) is 0 Å². The van der Waals surface area contributed by atoms with Crippen LogP contribution < -0.4 is 0 Å². The molecular formula is C3H6O2Sn. The van der Waals surface area contributed by atoms with Crippen molar-refractivity contribution < 1.29 is 9.53 Å². The summed E-state index contributed by atoms with van der Waals surface area (Å²) in [5, 5.41) is 0. The van der Waals surface area contributed by atoms with Crippen LogP contribution in [0.1, 0.15) is 0 Å². The van der Waals surface area contributed by atoms with Crippen LogP contribution in [0.5, 0.6) is 0 Å². The van der Waals surface area contributed by atoms with Gasteiger partial charge in [-0.3, -0.25) is 0 Å². The van der Waals surface area contributed by atoms with Gasteiger partial charge in [0.05, 0.1) is 0 Å². The SMILES string of the molecule is COC[C](=O)[SnH]. The van der Waals surface area contributed by atoms with Gasteiger partial charge in [0.1, 0.15) is 0 Å². The summed E-state index contributed by atoms with van der Waals surface area (Å²) in [4.78, 5) is 9.98. The van der Waals surface area contributed by atoms with Crippen LogP contribution >= 0.6 is 0 Å². The Bertz CT molecular complexity index is 52.8. The molecule has 34 valence electrons. The molecule has 0 saturated carbocycles. The average molecular weight is 193 g/mol. The fourth-order valence-electron chi connectivity index (χ4n) is 0.142. The zero-order valence-corrected chi connectivity index (χ0v) is 6.90. The predicted octanol–water partition coefficient (Wildman–Crippen LogP) is -0.940. The van der Waals surface area contributed by atoms with E-state index in [2.05, 4.69) is 4.74 Å². The second kappa shape index (κ2) is 3.61. The summed E-state index contributed by atoms with van der Waals surface area (Å²) >= 11 is 0.671. The van der Waals surface area contributed by atoms with E-state index in [1.165, 1.54) is 7.11 Å². The third kappa shape index (κ3) is 4.43. The minimum absolute atomic E-state index is 0.197. The van der Waals surface area contributed by atoms with Crippen molar-refractivity contribution in [2.45, 2.75) is 0 Å². The topological polar surface area (TPSA) is 26.3 Å². The van der Waals surface area contributed by atoms with E-state index >= 15 is 0 Å². The number of hydrogen-bond acceptors (Lipinski definition) is 2. The van der Waals surface area contributed by atoms with Gasteiger partial charge in [-0.1, -0.05) is 0 Å². The van der Waals surface area contributed by atoms with E-state index in [0.717, 1.165) is 0 Å². The molecule has 0 spiro atoms. The standard InChI is InChI=1S/C3H5O2.Sn.H/c1-5-3-2-4;;/h3H2,1H3;;. The second-order valence-electron chi connectivity index (χ2n) is 0.899. The normalized spacial score (nSPS) is 8.33. The van der Waals surface area contributed by atoms with Crippen molar-refractivity contribution in [2.75, 3.05) is 13.7 Å². The molecule has 0 rings (SSSR count). The van der Waals surface area contributed by atoms with Crippen LogP contribution in [0.4, 0.5) is 0 Å². The molecule has 0 fully saturated rings. The summed E-state index contributed by atoms with van der Waals surface area (Å²) in [6.07, 6.45) is 0.